The fourth-order valence-electron chi connectivity index (χ4n) is 3.27. The van der Waals surface area contributed by atoms with Gasteiger partial charge in [0.2, 0.25) is 0 Å². The number of rotatable bonds is 7. The number of aryl methyl sites for hydroxylation is 2. The number of aromatic amines is 1. The van der Waals surface area contributed by atoms with E-state index < -0.39 is 0 Å². The van der Waals surface area contributed by atoms with E-state index in [9.17, 15) is 0 Å². The van der Waals surface area contributed by atoms with Crippen molar-refractivity contribution in [3.63, 3.8) is 0 Å². The van der Waals surface area contributed by atoms with Gasteiger partial charge in [-0.25, -0.2) is 9.97 Å². The number of fused-ring (bicyclic) bond motifs is 1. The molecule has 0 saturated carbocycles. The van der Waals surface area contributed by atoms with Gasteiger partial charge in [-0.05, 0) is 32.9 Å². The summed E-state index contributed by atoms with van der Waals surface area (Å²) >= 11 is 0. The lowest BCUT2D eigenvalue weighted by atomic mass is 10.3. The minimum absolute atomic E-state index is 0.259. The summed E-state index contributed by atoms with van der Waals surface area (Å²) in [5, 5.41) is 13.5. The molecule has 0 aromatic carbocycles. The van der Waals surface area contributed by atoms with Gasteiger partial charge < -0.3 is 20.3 Å². The van der Waals surface area contributed by atoms with Crippen molar-refractivity contribution >= 4 is 16.9 Å². The van der Waals surface area contributed by atoms with Crippen molar-refractivity contribution in [3.05, 3.63) is 17.6 Å². The molecule has 0 amide bonds. The lowest BCUT2D eigenvalue weighted by molar-refractivity contribution is 0.112. The minimum atomic E-state index is 0.259. The number of piperazine rings is 1. The van der Waals surface area contributed by atoms with Crippen molar-refractivity contribution in [1.82, 2.24) is 24.8 Å². The number of β-amino-alcohol motifs (C(OH)–C–C–N with tert-alkyl or cyclic N) is 1. The van der Waals surface area contributed by atoms with Crippen LogP contribution in [0.2, 0.25) is 0 Å². The van der Waals surface area contributed by atoms with Crippen LogP contribution in [0.15, 0.2) is 6.07 Å². The predicted molar refractivity (Wildman–Crippen MR) is 96.4 cm³/mol. The third-order valence-electron chi connectivity index (χ3n) is 4.56. The number of aliphatic hydroxyl groups is 1. The summed E-state index contributed by atoms with van der Waals surface area (Å²) in [5.74, 6) is 1.71. The Labute approximate surface area is 143 Å². The number of nitrogens with zero attached hydrogens (tertiary/aromatic N) is 4. The Morgan fingerprint density at radius 1 is 1.12 bits per heavy atom. The number of hydrogen-bond acceptors (Lipinski definition) is 6. The Kier molecular flexibility index (Phi) is 5.65. The summed E-state index contributed by atoms with van der Waals surface area (Å²) in [4.78, 5) is 17.1. The molecule has 2 aromatic heterocycles. The summed E-state index contributed by atoms with van der Waals surface area (Å²) in [5.41, 5.74) is 2.01. The zero-order chi connectivity index (χ0) is 16.9. The van der Waals surface area contributed by atoms with Gasteiger partial charge in [0, 0.05) is 45.0 Å². The fourth-order valence-corrected chi connectivity index (χ4v) is 3.27. The van der Waals surface area contributed by atoms with Crippen LogP contribution in [-0.4, -0.2) is 82.3 Å². The molecule has 3 N–H and O–H groups in total. The van der Waals surface area contributed by atoms with Crippen molar-refractivity contribution in [2.75, 3.05) is 57.7 Å². The highest BCUT2D eigenvalue weighted by Gasteiger charge is 2.15. The molecule has 0 aliphatic carbocycles. The smallest absolute Gasteiger partial charge is 0.143 e. The van der Waals surface area contributed by atoms with Crippen LogP contribution in [-0.2, 0) is 0 Å². The summed E-state index contributed by atoms with van der Waals surface area (Å²) in [7, 11) is 0. The zero-order valence-electron chi connectivity index (χ0n) is 14.7. The number of hydrogen-bond donors (Lipinski definition) is 3. The molecule has 1 aliphatic heterocycles. The van der Waals surface area contributed by atoms with E-state index in [4.69, 9.17) is 5.11 Å². The van der Waals surface area contributed by atoms with Crippen molar-refractivity contribution in [1.29, 1.82) is 0 Å². The van der Waals surface area contributed by atoms with E-state index in [2.05, 4.69) is 36.1 Å². The molecule has 0 radical (unpaired) electrons. The summed E-state index contributed by atoms with van der Waals surface area (Å²) in [6, 6.07) is 2.09. The molecule has 0 unspecified atom stereocenters. The molecule has 0 spiro atoms. The van der Waals surface area contributed by atoms with Crippen LogP contribution in [0.3, 0.4) is 0 Å². The van der Waals surface area contributed by atoms with Crippen LogP contribution < -0.4 is 5.32 Å². The second-order valence-corrected chi connectivity index (χ2v) is 6.52. The third-order valence-corrected chi connectivity index (χ3v) is 4.56. The molecule has 7 nitrogen and oxygen atoms in total. The van der Waals surface area contributed by atoms with Crippen molar-refractivity contribution < 1.29 is 5.11 Å². The van der Waals surface area contributed by atoms with E-state index in [0.717, 1.165) is 80.6 Å². The predicted octanol–water partition coefficient (Wildman–Crippen LogP) is 0.987. The molecule has 0 atom stereocenters. The standard InChI is InChI=1S/C17H28N6O/c1-13-12-15-16(20-14(2)21-17(15)19-13)18-4-3-5-22-6-8-23(9-7-22)10-11-24/h12,24H,3-11H2,1-2H3,(H2,18,19,20,21). The topological polar surface area (TPSA) is 80.3 Å². The van der Waals surface area contributed by atoms with Gasteiger partial charge in [-0.15, -0.1) is 0 Å². The molecular formula is C17H28N6O. The first-order chi connectivity index (χ1) is 11.7. The van der Waals surface area contributed by atoms with E-state index in [0.29, 0.717) is 0 Å². The Bertz CT molecular complexity index is 662. The first-order valence-corrected chi connectivity index (χ1v) is 8.79. The van der Waals surface area contributed by atoms with Crippen molar-refractivity contribution in [2.24, 2.45) is 0 Å². The van der Waals surface area contributed by atoms with Crippen LogP contribution in [0.4, 0.5) is 5.82 Å². The van der Waals surface area contributed by atoms with E-state index >= 15 is 0 Å². The maximum atomic E-state index is 8.99. The minimum Gasteiger partial charge on any atom is -0.395 e. The quantitative estimate of drug-likeness (QED) is 0.656. The summed E-state index contributed by atoms with van der Waals surface area (Å²) in [6.45, 7) is 11.3. The fraction of sp³-hybridized carbons (Fsp3) is 0.647. The zero-order valence-corrected chi connectivity index (χ0v) is 14.7. The van der Waals surface area contributed by atoms with Gasteiger partial charge in [-0.1, -0.05) is 0 Å². The van der Waals surface area contributed by atoms with Gasteiger partial charge in [0.05, 0.1) is 12.0 Å². The molecular weight excluding hydrogens is 304 g/mol. The lowest BCUT2D eigenvalue weighted by Gasteiger charge is -2.34. The van der Waals surface area contributed by atoms with Gasteiger partial charge >= 0.3 is 0 Å². The van der Waals surface area contributed by atoms with Crippen LogP contribution in [0.5, 0.6) is 0 Å². The SMILES string of the molecule is Cc1nc(NCCCN2CCN(CCO)CC2)c2cc(C)[nH]c2n1. The molecule has 3 rings (SSSR count). The Morgan fingerprint density at radius 3 is 2.54 bits per heavy atom. The molecule has 7 heteroatoms. The van der Waals surface area contributed by atoms with Crippen LogP contribution in [0, 0.1) is 13.8 Å². The number of H-pyrrole nitrogens is 1. The van der Waals surface area contributed by atoms with Gasteiger partial charge in [-0.2, -0.15) is 0 Å². The first kappa shape index (κ1) is 17.1. The van der Waals surface area contributed by atoms with Gasteiger partial charge in [0.25, 0.3) is 0 Å². The van der Waals surface area contributed by atoms with Crippen LogP contribution >= 0.6 is 0 Å². The largest absolute Gasteiger partial charge is 0.395 e. The number of aromatic nitrogens is 3. The Hall–Kier alpha value is -1.70. The highest BCUT2D eigenvalue weighted by atomic mass is 16.3. The van der Waals surface area contributed by atoms with Crippen LogP contribution in [0.25, 0.3) is 11.0 Å². The average Bonchev–Trinajstić information content (AvgIpc) is 2.93. The van der Waals surface area contributed by atoms with Crippen LogP contribution in [0.1, 0.15) is 17.9 Å². The van der Waals surface area contributed by atoms with E-state index in [1.165, 1.54) is 0 Å². The molecule has 0 bridgehead atoms. The number of anilines is 1. The third kappa shape index (κ3) is 4.23. The van der Waals surface area contributed by atoms with E-state index in [1.54, 1.807) is 0 Å². The normalized spacial score (nSPS) is 16.8. The second-order valence-electron chi connectivity index (χ2n) is 6.52. The molecule has 132 valence electrons. The summed E-state index contributed by atoms with van der Waals surface area (Å²) in [6.07, 6.45) is 1.09. The van der Waals surface area contributed by atoms with Gasteiger partial charge in [0.15, 0.2) is 0 Å². The molecule has 2 aromatic rings. The second kappa shape index (κ2) is 7.92. The molecule has 1 saturated heterocycles. The molecule has 1 fully saturated rings. The molecule has 24 heavy (non-hydrogen) atoms. The van der Waals surface area contributed by atoms with Crippen molar-refractivity contribution in [3.8, 4) is 0 Å². The van der Waals surface area contributed by atoms with E-state index in [-0.39, 0.29) is 6.61 Å². The van der Waals surface area contributed by atoms with Crippen molar-refractivity contribution in [2.45, 2.75) is 20.3 Å². The highest BCUT2D eigenvalue weighted by molar-refractivity contribution is 5.87. The van der Waals surface area contributed by atoms with Gasteiger partial charge in [0.1, 0.15) is 17.3 Å². The summed E-state index contributed by atoms with van der Waals surface area (Å²) < 4.78 is 0. The maximum absolute atomic E-state index is 8.99. The number of nitrogens with one attached hydrogen (secondary N) is 2. The van der Waals surface area contributed by atoms with Gasteiger partial charge in [-0.3, -0.25) is 4.90 Å². The number of aliphatic hydroxyl groups excluding tert-OH is 1. The average molecular weight is 332 g/mol. The Balaban J connectivity index is 1.46. The monoisotopic (exact) mass is 332 g/mol. The molecule has 3 heterocycles. The maximum Gasteiger partial charge on any atom is 0.143 e. The molecule has 1 aliphatic rings. The Morgan fingerprint density at radius 2 is 1.83 bits per heavy atom. The first-order valence-electron chi connectivity index (χ1n) is 8.79. The highest BCUT2D eigenvalue weighted by Crippen LogP contribution is 2.21. The lowest BCUT2D eigenvalue weighted by Crippen LogP contribution is -2.47. The van der Waals surface area contributed by atoms with E-state index in [1.807, 2.05) is 13.8 Å².